The molecule has 0 aromatic heterocycles. The van der Waals surface area contributed by atoms with E-state index in [1.165, 1.54) is 0 Å². The lowest BCUT2D eigenvalue weighted by molar-refractivity contribution is 0.407. The van der Waals surface area contributed by atoms with E-state index in [9.17, 15) is 8.78 Å². The summed E-state index contributed by atoms with van der Waals surface area (Å²) in [5.74, 6) is -1.91. The van der Waals surface area contributed by atoms with Crippen LogP contribution in [0.5, 0.6) is 11.5 Å². The Labute approximate surface area is 122 Å². The van der Waals surface area contributed by atoms with E-state index in [2.05, 4.69) is 6.92 Å². The summed E-state index contributed by atoms with van der Waals surface area (Å²) >= 11 is 0. The highest BCUT2D eigenvalue weighted by atomic mass is 19.1. The fourth-order valence-electron chi connectivity index (χ4n) is 1.94. The summed E-state index contributed by atoms with van der Waals surface area (Å²) in [6, 6.07) is 10.7. The highest BCUT2D eigenvalue weighted by molar-refractivity contribution is 5.40. The Morgan fingerprint density at radius 1 is 1.10 bits per heavy atom. The third-order valence-electron chi connectivity index (χ3n) is 3.09. The van der Waals surface area contributed by atoms with Crippen molar-refractivity contribution < 1.29 is 13.5 Å². The van der Waals surface area contributed by atoms with Crippen molar-refractivity contribution in [2.75, 3.05) is 0 Å². The highest BCUT2D eigenvalue weighted by Crippen LogP contribution is 2.28. The third kappa shape index (κ3) is 3.79. The van der Waals surface area contributed by atoms with Crippen LogP contribution in [0.3, 0.4) is 0 Å². The number of nitrogens with zero attached hydrogens (tertiary/aromatic N) is 1. The van der Waals surface area contributed by atoms with Gasteiger partial charge in [-0.3, -0.25) is 0 Å². The molecule has 0 N–H and O–H groups in total. The maximum absolute atomic E-state index is 13.7. The first-order valence-electron chi connectivity index (χ1n) is 6.80. The molecule has 0 aliphatic heterocycles. The van der Waals surface area contributed by atoms with Crippen LogP contribution in [0.15, 0.2) is 36.4 Å². The Balaban J connectivity index is 2.17. The van der Waals surface area contributed by atoms with Crippen molar-refractivity contribution in [1.82, 2.24) is 0 Å². The molecule has 0 heterocycles. The number of unbranched alkanes of at least 4 members (excludes halogenated alkanes) is 1. The maximum Gasteiger partial charge on any atom is 0.198 e. The largest absolute Gasteiger partial charge is 0.451 e. The maximum atomic E-state index is 13.7. The van der Waals surface area contributed by atoms with Gasteiger partial charge in [0, 0.05) is 0 Å². The average molecular weight is 287 g/mol. The van der Waals surface area contributed by atoms with Crippen LogP contribution in [0.2, 0.25) is 0 Å². The van der Waals surface area contributed by atoms with Gasteiger partial charge in [0.2, 0.25) is 0 Å². The summed E-state index contributed by atoms with van der Waals surface area (Å²) < 4.78 is 32.7. The summed E-state index contributed by atoms with van der Waals surface area (Å²) in [6.07, 6.45) is 3.18. The van der Waals surface area contributed by atoms with Crippen LogP contribution < -0.4 is 4.74 Å². The molecule has 0 aliphatic carbocycles. The number of aryl methyl sites for hydroxylation is 1. The Morgan fingerprint density at radius 2 is 1.71 bits per heavy atom. The van der Waals surface area contributed by atoms with Gasteiger partial charge in [-0.25, -0.2) is 8.78 Å². The van der Waals surface area contributed by atoms with Crippen molar-refractivity contribution in [3.8, 4) is 17.6 Å². The summed E-state index contributed by atoms with van der Waals surface area (Å²) in [5.41, 5.74) is 1.08. The van der Waals surface area contributed by atoms with E-state index < -0.39 is 17.4 Å². The van der Waals surface area contributed by atoms with Crippen LogP contribution in [0.1, 0.15) is 30.9 Å². The van der Waals surface area contributed by atoms with Gasteiger partial charge in [0.15, 0.2) is 17.4 Å². The molecular weight excluding hydrogens is 272 g/mol. The second kappa shape index (κ2) is 6.85. The molecule has 0 saturated heterocycles. The fraction of sp³-hybridized carbons (Fsp3) is 0.235. The van der Waals surface area contributed by atoms with Crippen molar-refractivity contribution in [2.24, 2.45) is 0 Å². The molecule has 108 valence electrons. The topological polar surface area (TPSA) is 33.0 Å². The zero-order chi connectivity index (χ0) is 15.2. The van der Waals surface area contributed by atoms with Crippen LogP contribution in [-0.4, -0.2) is 0 Å². The molecule has 0 spiro atoms. The lowest BCUT2D eigenvalue weighted by Gasteiger charge is -2.09. The Kier molecular flexibility index (Phi) is 4.89. The molecule has 0 unspecified atom stereocenters. The minimum absolute atomic E-state index is 0.0766. The summed E-state index contributed by atoms with van der Waals surface area (Å²) in [6.45, 7) is 2.12. The van der Waals surface area contributed by atoms with Crippen molar-refractivity contribution in [2.45, 2.75) is 26.2 Å². The molecule has 2 aromatic carbocycles. The van der Waals surface area contributed by atoms with Gasteiger partial charge in [-0.15, -0.1) is 0 Å². The molecule has 2 aromatic rings. The lowest BCUT2D eigenvalue weighted by atomic mass is 10.1. The van der Waals surface area contributed by atoms with Crippen LogP contribution in [0.4, 0.5) is 8.78 Å². The number of hydrogen-bond acceptors (Lipinski definition) is 2. The minimum atomic E-state index is -0.887. The van der Waals surface area contributed by atoms with Gasteiger partial charge in [0.1, 0.15) is 5.75 Å². The van der Waals surface area contributed by atoms with E-state index in [0.717, 1.165) is 37.0 Å². The van der Waals surface area contributed by atoms with Gasteiger partial charge >= 0.3 is 0 Å². The van der Waals surface area contributed by atoms with E-state index >= 15 is 0 Å². The summed E-state index contributed by atoms with van der Waals surface area (Å²) in [7, 11) is 0. The van der Waals surface area contributed by atoms with E-state index in [0.29, 0.717) is 5.75 Å². The number of nitriles is 1. The number of rotatable bonds is 5. The SMILES string of the molecule is CCCCc1ccc(Oc2c(F)cc(C#N)cc2F)cc1. The van der Waals surface area contributed by atoms with Crippen LogP contribution >= 0.6 is 0 Å². The quantitative estimate of drug-likeness (QED) is 0.777. The second-order valence-corrected chi connectivity index (χ2v) is 4.73. The molecule has 0 radical (unpaired) electrons. The van der Waals surface area contributed by atoms with Crippen molar-refractivity contribution in [3.63, 3.8) is 0 Å². The molecule has 0 bridgehead atoms. The van der Waals surface area contributed by atoms with Crippen LogP contribution in [0.25, 0.3) is 0 Å². The predicted octanol–water partition coefficient (Wildman–Crippen LogP) is 4.97. The Bertz CT molecular complexity index is 636. The standard InChI is InChI=1S/C17H15F2NO/c1-2-3-4-12-5-7-14(8-6-12)21-17-15(18)9-13(11-20)10-16(17)19/h5-10H,2-4H2,1H3. The zero-order valence-corrected chi connectivity index (χ0v) is 11.7. The molecule has 0 aliphatic rings. The van der Waals surface area contributed by atoms with E-state index in [1.807, 2.05) is 12.1 Å². The highest BCUT2D eigenvalue weighted by Gasteiger charge is 2.13. The first-order valence-corrected chi connectivity index (χ1v) is 6.80. The Hall–Kier alpha value is -2.41. The molecule has 2 nitrogen and oxygen atoms in total. The van der Waals surface area contributed by atoms with Crippen molar-refractivity contribution in [3.05, 3.63) is 59.2 Å². The molecule has 0 saturated carbocycles. The molecular formula is C17H15F2NO. The van der Waals surface area contributed by atoms with Crippen LogP contribution in [-0.2, 0) is 6.42 Å². The first kappa shape index (κ1) is 15.0. The molecule has 0 atom stereocenters. The van der Waals surface area contributed by atoms with E-state index in [1.54, 1.807) is 18.2 Å². The smallest absolute Gasteiger partial charge is 0.198 e. The van der Waals surface area contributed by atoms with E-state index in [-0.39, 0.29) is 5.56 Å². The Morgan fingerprint density at radius 3 is 2.24 bits per heavy atom. The van der Waals surface area contributed by atoms with Gasteiger partial charge in [0.05, 0.1) is 11.6 Å². The van der Waals surface area contributed by atoms with Gasteiger partial charge in [-0.1, -0.05) is 25.5 Å². The van der Waals surface area contributed by atoms with Gasteiger partial charge < -0.3 is 4.74 Å². The fourth-order valence-corrected chi connectivity index (χ4v) is 1.94. The van der Waals surface area contributed by atoms with Gasteiger partial charge in [0.25, 0.3) is 0 Å². The summed E-state index contributed by atoms with van der Waals surface area (Å²) in [5, 5.41) is 8.64. The lowest BCUT2D eigenvalue weighted by Crippen LogP contribution is -1.94. The molecule has 4 heteroatoms. The minimum Gasteiger partial charge on any atom is -0.451 e. The predicted molar refractivity (Wildman–Crippen MR) is 76.2 cm³/mol. The molecule has 0 fully saturated rings. The van der Waals surface area contributed by atoms with Crippen molar-refractivity contribution >= 4 is 0 Å². The van der Waals surface area contributed by atoms with Gasteiger partial charge in [-0.2, -0.15) is 5.26 Å². The monoisotopic (exact) mass is 287 g/mol. The second-order valence-electron chi connectivity index (χ2n) is 4.73. The van der Waals surface area contributed by atoms with E-state index in [4.69, 9.17) is 10.00 Å². The molecule has 2 rings (SSSR count). The molecule has 21 heavy (non-hydrogen) atoms. The summed E-state index contributed by atoms with van der Waals surface area (Å²) in [4.78, 5) is 0. The van der Waals surface area contributed by atoms with Gasteiger partial charge in [-0.05, 0) is 42.7 Å². The average Bonchev–Trinajstić information content (AvgIpc) is 2.49. The van der Waals surface area contributed by atoms with Crippen LogP contribution in [0, 0.1) is 23.0 Å². The molecule has 0 amide bonds. The number of halogens is 2. The van der Waals surface area contributed by atoms with Crippen molar-refractivity contribution in [1.29, 1.82) is 5.26 Å². The number of benzene rings is 2. The number of hydrogen-bond donors (Lipinski definition) is 0. The normalized spacial score (nSPS) is 10.2. The zero-order valence-electron chi connectivity index (χ0n) is 11.7. The third-order valence-corrected chi connectivity index (χ3v) is 3.09. The number of ether oxygens (including phenoxy) is 1. The first-order chi connectivity index (χ1) is 10.1.